The summed E-state index contributed by atoms with van der Waals surface area (Å²) in [6.07, 6.45) is 1.62. The summed E-state index contributed by atoms with van der Waals surface area (Å²) >= 11 is 1.35. The smallest absolute Gasteiger partial charge is 0.410 e. The van der Waals surface area contributed by atoms with E-state index in [4.69, 9.17) is 4.74 Å². The average Bonchev–Trinajstić information content (AvgIpc) is 3.48. The summed E-state index contributed by atoms with van der Waals surface area (Å²) in [5.74, 6) is 0.0212. The van der Waals surface area contributed by atoms with E-state index < -0.39 is 23.7 Å². The van der Waals surface area contributed by atoms with Crippen LogP contribution in [0.1, 0.15) is 45.0 Å². The van der Waals surface area contributed by atoms with E-state index in [9.17, 15) is 18.7 Å². The lowest BCUT2D eigenvalue weighted by atomic mass is 9.88. The van der Waals surface area contributed by atoms with Gasteiger partial charge < -0.3 is 19.6 Å². The van der Waals surface area contributed by atoms with Crippen LogP contribution in [0.5, 0.6) is 5.75 Å². The molecule has 2 fully saturated rings. The molecule has 3 heterocycles. The number of phenolic OH excluding ortho intramolecular Hbond substituents is 1. The van der Waals surface area contributed by atoms with E-state index in [-0.39, 0.29) is 29.0 Å². The zero-order valence-electron chi connectivity index (χ0n) is 21.8. The largest absolute Gasteiger partial charge is 0.507 e. The quantitative estimate of drug-likeness (QED) is 0.439. The van der Waals surface area contributed by atoms with Gasteiger partial charge in [0.25, 0.3) is 0 Å². The maximum Gasteiger partial charge on any atom is 0.410 e. The SMILES string of the molecule is Cc1ncc(-c2cc(O)c(-c3ccc(N4CCC(N(C(=O)OC(C)(C)C)C5CC(F)C5)C4)nn3)cc2F)s1. The number of phenols is 1. The van der Waals surface area contributed by atoms with Gasteiger partial charge in [0.2, 0.25) is 0 Å². The maximum absolute atomic E-state index is 14.9. The second-order valence-electron chi connectivity index (χ2n) is 10.9. The molecular formula is C27H31F2N5O3S. The van der Waals surface area contributed by atoms with Gasteiger partial charge >= 0.3 is 6.09 Å². The first-order valence-corrected chi connectivity index (χ1v) is 13.5. The van der Waals surface area contributed by atoms with Crippen molar-refractivity contribution < 1.29 is 23.4 Å². The van der Waals surface area contributed by atoms with Crippen LogP contribution in [0.15, 0.2) is 30.5 Å². The van der Waals surface area contributed by atoms with Gasteiger partial charge in [-0.25, -0.2) is 18.6 Å². The molecule has 1 aliphatic carbocycles. The van der Waals surface area contributed by atoms with Crippen molar-refractivity contribution in [3.05, 3.63) is 41.3 Å². The fourth-order valence-electron chi connectivity index (χ4n) is 4.92. The van der Waals surface area contributed by atoms with Crippen LogP contribution in [0.2, 0.25) is 0 Å². The summed E-state index contributed by atoms with van der Waals surface area (Å²) in [5.41, 5.74) is 0.223. The molecule has 1 aliphatic heterocycles. The van der Waals surface area contributed by atoms with Gasteiger partial charge in [-0.3, -0.25) is 0 Å². The lowest BCUT2D eigenvalue weighted by Gasteiger charge is -2.43. The summed E-state index contributed by atoms with van der Waals surface area (Å²) in [5, 5.41) is 20.0. The topological polar surface area (TPSA) is 91.7 Å². The third-order valence-electron chi connectivity index (χ3n) is 6.83. The van der Waals surface area contributed by atoms with Crippen molar-refractivity contribution in [1.29, 1.82) is 0 Å². The van der Waals surface area contributed by atoms with Gasteiger partial charge in [0.05, 0.1) is 21.6 Å². The fourth-order valence-corrected chi connectivity index (χ4v) is 5.71. The molecule has 3 aromatic rings. The van der Waals surface area contributed by atoms with Gasteiger partial charge in [-0.15, -0.1) is 21.5 Å². The minimum Gasteiger partial charge on any atom is -0.507 e. The van der Waals surface area contributed by atoms with E-state index in [1.807, 2.05) is 32.6 Å². The molecule has 11 heteroatoms. The number of carbonyl (C=O) groups excluding carboxylic acids is 1. The van der Waals surface area contributed by atoms with Crippen LogP contribution in [0.4, 0.5) is 19.4 Å². The third-order valence-corrected chi connectivity index (χ3v) is 7.78. The molecule has 38 heavy (non-hydrogen) atoms. The minimum absolute atomic E-state index is 0.101. The molecular weight excluding hydrogens is 512 g/mol. The molecule has 1 saturated carbocycles. The molecule has 1 amide bonds. The predicted octanol–water partition coefficient (Wildman–Crippen LogP) is 5.74. The molecule has 1 saturated heterocycles. The van der Waals surface area contributed by atoms with Crippen LogP contribution in [0.3, 0.4) is 0 Å². The Morgan fingerprint density at radius 1 is 1.18 bits per heavy atom. The second kappa shape index (κ2) is 10.1. The monoisotopic (exact) mass is 543 g/mol. The number of hydrogen-bond donors (Lipinski definition) is 1. The van der Waals surface area contributed by atoms with E-state index in [0.29, 0.717) is 48.7 Å². The van der Waals surface area contributed by atoms with E-state index in [2.05, 4.69) is 15.2 Å². The van der Waals surface area contributed by atoms with Crippen molar-refractivity contribution in [2.24, 2.45) is 0 Å². The molecule has 1 N–H and O–H groups in total. The molecule has 0 bridgehead atoms. The Morgan fingerprint density at radius 3 is 2.55 bits per heavy atom. The number of amides is 1. The summed E-state index contributed by atoms with van der Waals surface area (Å²) < 4.78 is 34.2. The highest BCUT2D eigenvalue weighted by Crippen LogP contribution is 2.37. The number of aromatic hydroxyl groups is 1. The number of rotatable bonds is 5. The van der Waals surface area contributed by atoms with Gasteiger partial charge in [-0.1, -0.05) is 0 Å². The summed E-state index contributed by atoms with van der Waals surface area (Å²) in [6.45, 7) is 8.45. The van der Waals surface area contributed by atoms with Gasteiger partial charge in [-0.05, 0) is 71.2 Å². The molecule has 8 nitrogen and oxygen atoms in total. The maximum atomic E-state index is 14.9. The van der Waals surface area contributed by atoms with Crippen LogP contribution < -0.4 is 4.90 Å². The number of nitrogens with zero attached hydrogens (tertiary/aromatic N) is 5. The number of aromatic nitrogens is 3. The average molecular weight is 544 g/mol. The third kappa shape index (κ3) is 5.43. The van der Waals surface area contributed by atoms with Crippen LogP contribution in [0.25, 0.3) is 21.7 Å². The molecule has 1 atom stereocenters. The van der Waals surface area contributed by atoms with Crippen molar-refractivity contribution in [3.63, 3.8) is 0 Å². The molecule has 0 radical (unpaired) electrons. The number of carbonyl (C=O) groups is 1. The highest BCUT2D eigenvalue weighted by molar-refractivity contribution is 7.15. The standard InChI is InChI=1S/C27H31F2N5O3S/c1-15-30-13-24(38-15)19-12-23(35)20(11-21(19)29)22-5-6-25(32-31-22)33-8-7-17(14-33)34(18-9-16(28)10-18)26(36)37-27(2,3)4/h5-6,11-13,16-18,35H,7-10,14H2,1-4H3. The Morgan fingerprint density at radius 2 is 1.95 bits per heavy atom. The number of hydrogen-bond acceptors (Lipinski definition) is 8. The predicted molar refractivity (Wildman–Crippen MR) is 142 cm³/mol. The van der Waals surface area contributed by atoms with Crippen molar-refractivity contribution in [1.82, 2.24) is 20.1 Å². The van der Waals surface area contributed by atoms with Crippen molar-refractivity contribution >= 4 is 23.2 Å². The highest BCUT2D eigenvalue weighted by atomic mass is 32.1. The number of alkyl halides is 1. The van der Waals surface area contributed by atoms with E-state index >= 15 is 0 Å². The fraction of sp³-hybridized carbons (Fsp3) is 0.481. The molecule has 2 aromatic heterocycles. The zero-order valence-corrected chi connectivity index (χ0v) is 22.6. The van der Waals surface area contributed by atoms with Crippen LogP contribution in [-0.2, 0) is 4.74 Å². The summed E-state index contributed by atoms with van der Waals surface area (Å²) in [4.78, 5) is 21.5. The first-order chi connectivity index (χ1) is 18.0. The number of ether oxygens (including phenoxy) is 1. The van der Waals surface area contributed by atoms with Crippen LogP contribution >= 0.6 is 11.3 Å². The van der Waals surface area contributed by atoms with Gasteiger partial charge in [-0.2, -0.15) is 0 Å². The molecule has 0 spiro atoms. The van der Waals surface area contributed by atoms with Crippen LogP contribution in [-0.4, -0.2) is 68.2 Å². The Hall–Kier alpha value is -3.34. The summed E-state index contributed by atoms with van der Waals surface area (Å²) in [7, 11) is 0. The van der Waals surface area contributed by atoms with Crippen LogP contribution in [0, 0.1) is 12.7 Å². The number of benzene rings is 1. The summed E-state index contributed by atoms with van der Waals surface area (Å²) in [6, 6.07) is 5.78. The van der Waals surface area contributed by atoms with E-state index in [1.165, 1.54) is 23.5 Å². The van der Waals surface area contributed by atoms with Crippen molar-refractivity contribution in [2.75, 3.05) is 18.0 Å². The molecule has 1 unspecified atom stereocenters. The first-order valence-electron chi connectivity index (χ1n) is 12.7. The molecule has 1 aromatic carbocycles. The second-order valence-corrected chi connectivity index (χ2v) is 12.1. The Balaban J connectivity index is 1.31. The van der Waals surface area contributed by atoms with Crippen molar-refractivity contribution in [3.8, 4) is 27.4 Å². The van der Waals surface area contributed by atoms with Gasteiger partial charge in [0.1, 0.15) is 23.3 Å². The molecule has 2 aliphatic rings. The lowest BCUT2D eigenvalue weighted by Crippen LogP contribution is -2.55. The Kier molecular flexibility index (Phi) is 6.97. The van der Waals surface area contributed by atoms with Gasteiger partial charge in [0.15, 0.2) is 5.82 Å². The Bertz CT molecular complexity index is 1320. The number of aryl methyl sites for hydroxylation is 1. The number of halogens is 2. The number of anilines is 1. The number of thiazole rings is 1. The zero-order chi connectivity index (χ0) is 27.2. The highest BCUT2D eigenvalue weighted by Gasteiger charge is 2.43. The lowest BCUT2D eigenvalue weighted by molar-refractivity contribution is -0.0178. The first kappa shape index (κ1) is 26.3. The Labute approximate surface area is 224 Å². The van der Waals surface area contributed by atoms with E-state index in [0.717, 1.165) is 5.01 Å². The van der Waals surface area contributed by atoms with Crippen molar-refractivity contribution in [2.45, 2.75) is 70.8 Å². The minimum atomic E-state index is -0.887. The normalized spacial score (nSPS) is 21.3. The molecule has 202 valence electrons. The van der Waals surface area contributed by atoms with Gasteiger partial charge in [0, 0.05) is 36.5 Å². The van der Waals surface area contributed by atoms with E-state index in [1.54, 1.807) is 23.2 Å². The molecule has 5 rings (SSSR count).